The molecule has 2 heterocycles. The summed E-state index contributed by atoms with van der Waals surface area (Å²) < 4.78 is 23.1. The Balaban J connectivity index is 1.60. The fourth-order valence-electron chi connectivity index (χ4n) is 4.62. The number of carbonyl (C=O) groups is 1. The first-order chi connectivity index (χ1) is 16.9. The summed E-state index contributed by atoms with van der Waals surface area (Å²) in [5.41, 5.74) is 5.69. The molecule has 1 aliphatic heterocycles. The number of fused-ring (bicyclic) bond motifs is 1. The standard InChI is InChI=1S/C28H36N2O5/c1-6-33-26-16-24(30-8-10-32-11-9-30)27(34-7-2)15-23(26)29-28(31)13-20-17-35-25-12-19(5)21(18(3)4)14-22(20)25/h12,14-18H,6-11,13H2,1-5H3,(H,29,31). The molecule has 0 saturated carbocycles. The summed E-state index contributed by atoms with van der Waals surface area (Å²) in [5, 5.41) is 4.03. The van der Waals surface area contributed by atoms with Gasteiger partial charge in [-0.15, -0.1) is 0 Å². The second kappa shape index (κ2) is 11.0. The summed E-state index contributed by atoms with van der Waals surface area (Å²) in [6.07, 6.45) is 1.89. The van der Waals surface area contributed by atoms with Crippen molar-refractivity contribution >= 4 is 28.3 Å². The van der Waals surface area contributed by atoms with Crippen LogP contribution in [0.5, 0.6) is 11.5 Å². The largest absolute Gasteiger partial charge is 0.492 e. The molecular formula is C28H36N2O5. The first-order valence-corrected chi connectivity index (χ1v) is 12.5. The lowest BCUT2D eigenvalue weighted by Gasteiger charge is -2.31. The zero-order valence-corrected chi connectivity index (χ0v) is 21.4. The number of amides is 1. The van der Waals surface area contributed by atoms with Crippen molar-refractivity contribution in [3.8, 4) is 11.5 Å². The van der Waals surface area contributed by atoms with Crippen LogP contribution in [0, 0.1) is 6.92 Å². The van der Waals surface area contributed by atoms with Gasteiger partial charge < -0.3 is 28.8 Å². The molecule has 188 valence electrons. The monoisotopic (exact) mass is 480 g/mol. The normalized spacial score (nSPS) is 13.9. The van der Waals surface area contributed by atoms with E-state index in [0.717, 1.165) is 41.1 Å². The number of rotatable bonds is 9. The second-order valence-corrected chi connectivity index (χ2v) is 9.13. The number of ether oxygens (including phenoxy) is 3. The van der Waals surface area contributed by atoms with Crippen LogP contribution in [0.1, 0.15) is 50.3 Å². The Hall–Kier alpha value is -3.19. The molecule has 1 aliphatic rings. The van der Waals surface area contributed by atoms with Gasteiger partial charge in [0.15, 0.2) is 0 Å². The molecule has 2 aromatic carbocycles. The van der Waals surface area contributed by atoms with Crippen LogP contribution in [-0.4, -0.2) is 45.4 Å². The van der Waals surface area contributed by atoms with Gasteiger partial charge in [-0.2, -0.15) is 0 Å². The van der Waals surface area contributed by atoms with Gasteiger partial charge in [0.25, 0.3) is 0 Å². The maximum Gasteiger partial charge on any atom is 0.229 e. The molecule has 0 unspecified atom stereocenters. The van der Waals surface area contributed by atoms with E-state index in [4.69, 9.17) is 18.6 Å². The molecule has 7 nitrogen and oxygen atoms in total. The smallest absolute Gasteiger partial charge is 0.229 e. The summed E-state index contributed by atoms with van der Waals surface area (Å²) in [4.78, 5) is 15.4. The lowest BCUT2D eigenvalue weighted by Crippen LogP contribution is -2.36. The Labute approximate surface area is 207 Å². The van der Waals surface area contributed by atoms with Gasteiger partial charge in [0, 0.05) is 36.2 Å². The summed E-state index contributed by atoms with van der Waals surface area (Å²) in [6.45, 7) is 14.2. The molecule has 7 heteroatoms. The van der Waals surface area contributed by atoms with Crippen molar-refractivity contribution in [2.24, 2.45) is 0 Å². The van der Waals surface area contributed by atoms with Gasteiger partial charge >= 0.3 is 0 Å². The molecule has 1 N–H and O–H groups in total. The van der Waals surface area contributed by atoms with E-state index >= 15 is 0 Å². The average molecular weight is 481 g/mol. The van der Waals surface area contributed by atoms with Crippen LogP contribution >= 0.6 is 0 Å². The van der Waals surface area contributed by atoms with E-state index in [1.807, 2.05) is 26.0 Å². The van der Waals surface area contributed by atoms with E-state index in [-0.39, 0.29) is 12.3 Å². The Morgan fingerprint density at radius 2 is 1.77 bits per heavy atom. The molecule has 0 spiro atoms. The molecule has 3 aromatic rings. The number of hydrogen-bond donors (Lipinski definition) is 1. The van der Waals surface area contributed by atoms with Gasteiger partial charge in [0.2, 0.25) is 5.91 Å². The first-order valence-electron chi connectivity index (χ1n) is 12.5. The number of benzene rings is 2. The number of nitrogens with zero attached hydrogens (tertiary/aromatic N) is 1. The topological polar surface area (TPSA) is 73.2 Å². The summed E-state index contributed by atoms with van der Waals surface area (Å²) in [6, 6.07) is 8.03. The van der Waals surface area contributed by atoms with E-state index in [2.05, 4.69) is 43.1 Å². The highest BCUT2D eigenvalue weighted by Crippen LogP contribution is 2.39. The van der Waals surface area contributed by atoms with Gasteiger partial charge in [0.1, 0.15) is 17.1 Å². The summed E-state index contributed by atoms with van der Waals surface area (Å²) >= 11 is 0. The van der Waals surface area contributed by atoms with Crippen LogP contribution in [-0.2, 0) is 16.0 Å². The zero-order chi connectivity index (χ0) is 24.9. The number of carbonyl (C=O) groups excluding carboxylic acids is 1. The lowest BCUT2D eigenvalue weighted by molar-refractivity contribution is -0.115. The number of anilines is 2. The third kappa shape index (κ3) is 5.56. The van der Waals surface area contributed by atoms with Crippen LogP contribution in [0.3, 0.4) is 0 Å². The first kappa shape index (κ1) is 24.9. The van der Waals surface area contributed by atoms with Gasteiger partial charge in [-0.05, 0) is 49.9 Å². The fourth-order valence-corrected chi connectivity index (χ4v) is 4.62. The molecular weight excluding hydrogens is 444 g/mol. The number of aryl methyl sites for hydroxylation is 1. The zero-order valence-electron chi connectivity index (χ0n) is 21.4. The van der Waals surface area contributed by atoms with E-state index in [0.29, 0.717) is 43.8 Å². The molecule has 1 aromatic heterocycles. The molecule has 0 aliphatic carbocycles. The van der Waals surface area contributed by atoms with Crippen molar-refractivity contribution in [2.45, 2.75) is 47.0 Å². The minimum atomic E-state index is -0.137. The molecule has 4 rings (SSSR count). The van der Waals surface area contributed by atoms with Gasteiger partial charge in [-0.1, -0.05) is 13.8 Å². The molecule has 1 fully saturated rings. The van der Waals surface area contributed by atoms with E-state index in [1.165, 1.54) is 11.1 Å². The fraction of sp³-hybridized carbons (Fsp3) is 0.464. The van der Waals surface area contributed by atoms with Crippen LogP contribution < -0.4 is 19.7 Å². The van der Waals surface area contributed by atoms with Crippen molar-refractivity contribution in [1.29, 1.82) is 0 Å². The summed E-state index contributed by atoms with van der Waals surface area (Å²) in [7, 11) is 0. The van der Waals surface area contributed by atoms with E-state index in [9.17, 15) is 4.79 Å². The van der Waals surface area contributed by atoms with Gasteiger partial charge in [-0.25, -0.2) is 0 Å². The number of furan rings is 1. The highest BCUT2D eigenvalue weighted by atomic mass is 16.5. The SMILES string of the molecule is CCOc1cc(N2CCOCC2)c(OCC)cc1NC(=O)Cc1coc2cc(C)c(C(C)C)cc12. The van der Waals surface area contributed by atoms with Crippen LogP contribution in [0.4, 0.5) is 11.4 Å². The molecule has 35 heavy (non-hydrogen) atoms. The Morgan fingerprint density at radius 3 is 2.46 bits per heavy atom. The average Bonchev–Trinajstić information content (AvgIpc) is 3.21. The van der Waals surface area contributed by atoms with Gasteiger partial charge in [-0.3, -0.25) is 4.79 Å². The van der Waals surface area contributed by atoms with Crippen molar-refractivity contribution in [2.75, 3.05) is 49.7 Å². The maximum atomic E-state index is 13.1. The Bertz CT molecular complexity index is 1180. The Morgan fingerprint density at radius 1 is 1.06 bits per heavy atom. The Kier molecular flexibility index (Phi) is 7.86. The quantitative estimate of drug-likeness (QED) is 0.425. The molecule has 0 bridgehead atoms. The highest BCUT2D eigenvalue weighted by molar-refractivity contribution is 5.97. The number of nitrogens with one attached hydrogen (secondary N) is 1. The third-order valence-corrected chi connectivity index (χ3v) is 6.30. The van der Waals surface area contributed by atoms with E-state index in [1.54, 1.807) is 6.26 Å². The molecule has 1 saturated heterocycles. The van der Waals surface area contributed by atoms with Crippen molar-refractivity contribution in [3.05, 3.63) is 47.2 Å². The third-order valence-electron chi connectivity index (χ3n) is 6.30. The molecule has 0 atom stereocenters. The minimum absolute atomic E-state index is 0.137. The molecule has 1 amide bonds. The predicted molar refractivity (Wildman–Crippen MR) is 139 cm³/mol. The van der Waals surface area contributed by atoms with Crippen molar-refractivity contribution in [1.82, 2.24) is 0 Å². The van der Waals surface area contributed by atoms with E-state index < -0.39 is 0 Å². The number of morpholine rings is 1. The second-order valence-electron chi connectivity index (χ2n) is 9.13. The van der Waals surface area contributed by atoms with Crippen LogP contribution in [0.25, 0.3) is 11.0 Å². The predicted octanol–water partition coefficient (Wildman–Crippen LogP) is 5.68. The van der Waals surface area contributed by atoms with Crippen molar-refractivity contribution < 1.29 is 23.4 Å². The van der Waals surface area contributed by atoms with Crippen LogP contribution in [0.2, 0.25) is 0 Å². The van der Waals surface area contributed by atoms with Crippen LogP contribution in [0.15, 0.2) is 34.9 Å². The number of hydrogen-bond acceptors (Lipinski definition) is 6. The van der Waals surface area contributed by atoms with Gasteiger partial charge in [0.05, 0.1) is 50.5 Å². The highest BCUT2D eigenvalue weighted by Gasteiger charge is 2.21. The minimum Gasteiger partial charge on any atom is -0.492 e. The summed E-state index contributed by atoms with van der Waals surface area (Å²) in [5.74, 6) is 1.60. The molecule has 0 radical (unpaired) electrons. The maximum absolute atomic E-state index is 13.1. The van der Waals surface area contributed by atoms with Crippen molar-refractivity contribution in [3.63, 3.8) is 0 Å². The lowest BCUT2D eigenvalue weighted by atomic mass is 9.95.